The summed E-state index contributed by atoms with van der Waals surface area (Å²) in [6.07, 6.45) is 1.96. The topological polar surface area (TPSA) is 50.2 Å². The van der Waals surface area contributed by atoms with Crippen molar-refractivity contribution in [1.29, 1.82) is 0 Å². The number of benzene rings is 2. The van der Waals surface area contributed by atoms with Crippen LogP contribution >= 0.6 is 11.6 Å². The molecular formula is C27H30ClF3N4O. The maximum Gasteiger partial charge on any atom is 0.417 e. The number of nitrogens with zero attached hydrogens (tertiary/aromatic N) is 3. The molecule has 1 saturated heterocycles. The highest BCUT2D eigenvalue weighted by molar-refractivity contribution is 6.34. The lowest BCUT2D eigenvalue weighted by atomic mass is 9.88. The quantitative estimate of drug-likeness (QED) is 0.405. The van der Waals surface area contributed by atoms with Gasteiger partial charge in [0.2, 0.25) is 0 Å². The SMILES string of the molecule is CC(C)N1CCCC[C@H]1[C@@H](NC(=O)c1cccc(C(F)(F)F)c1Cl)c1cccc(-c2cnn(C)c2)c1. The Labute approximate surface area is 214 Å². The van der Waals surface area contributed by atoms with Gasteiger partial charge in [-0.2, -0.15) is 18.3 Å². The first-order valence-electron chi connectivity index (χ1n) is 12.1. The van der Waals surface area contributed by atoms with Crippen LogP contribution in [0.5, 0.6) is 0 Å². The van der Waals surface area contributed by atoms with Crippen LogP contribution in [-0.4, -0.2) is 39.2 Å². The molecule has 1 aromatic heterocycles. The fraction of sp³-hybridized carbons (Fsp3) is 0.407. The van der Waals surface area contributed by atoms with Crippen LogP contribution in [0, 0.1) is 0 Å². The van der Waals surface area contributed by atoms with E-state index >= 15 is 0 Å². The number of rotatable bonds is 6. The molecule has 1 aliphatic rings. The standard InChI is InChI=1S/C27H30ClF3N4O/c1-17(2)35-13-5-4-12-23(35)25(19-9-6-8-18(14-19)20-15-32-34(3)16-20)33-26(36)21-10-7-11-22(24(21)28)27(29,30)31/h6-11,14-17,23,25H,4-5,12-13H2,1-3H3,(H,33,36)/t23-,25-/m0/s1. The first-order chi connectivity index (χ1) is 17.1. The van der Waals surface area contributed by atoms with Crippen molar-refractivity contribution >= 4 is 17.5 Å². The summed E-state index contributed by atoms with van der Waals surface area (Å²) in [4.78, 5) is 15.8. The fourth-order valence-corrected chi connectivity index (χ4v) is 5.33. The lowest BCUT2D eigenvalue weighted by Gasteiger charge is -2.43. The number of carbonyl (C=O) groups excluding carboxylic acids is 1. The molecule has 0 radical (unpaired) electrons. The molecule has 1 amide bonds. The van der Waals surface area contributed by atoms with Crippen molar-refractivity contribution in [1.82, 2.24) is 20.0 Å². The number of piperidine rings is 1. The Kier molecular flexibility index (Phi) is 7.76. The number of nitrogens with one attached hydrogen (secondary N) is 1. The molecule has 2 atom stereocenters. The van der Waals surface area contributed by atoms with Gasteiger partial charge in [0.1, 0.15) is 0 Å². The molecule has 3 aromatic rings. The summed E-state index contributed by atoms with van der Waals surface area (Å²) in [6, 6.07) is 11.1. The molecule has 9 heteroatoms. The van der Waals surface area contributed by atoms with Crippen molar-refractivity contribution in [3.8, 4) is 11.1 Å². The lowest BCUT2D eigenvalue weighted by molar-refractivity contribution is -0.137. The van der Waals surface area contributed by atoms with E-state index in [-0.39, 0.29) is 17.6 Å². The first kappa shape index (κ1) is 26.2. The number of alkyl halides is 3. The Bertz CT molecular complexity index is 1220. The van der Waals surface area contributed by atoms with Crippen LogP contribution in [0.4, 0.5) is 13.2 Å². The average Bonchev–Trinajstić information content (AvgIpc) is 3.28. The van der Waals surface area contributed by atoms with Gasteiger partial charge in [-0.15, -0.1) is 0 Å². The van der Waals surface area contributed by atoms with Gasteiger partial charge in [0.25, 0.3) is 5.91 Å². The maximum absolute atomic E-state index is 13.4. The molecular weight excluding hydrogens is 489 g/mol. The summed E-state index contributed by atoms with van der Waals surface area (Å²) in [5, 5.41) is 6.72. The van der Waals surface area contributed by atoms with E-state index in [9.17, 15) is 18.0 Å². The second kappa shape index (κ2) is 10.6. The van der Waals surface area contributed by atoms with Gasteiger partial charge < -0.3 is 5.32 Å². The lowest BCUT2D eigenvalue weighted by Crippen LogP contribution is -2.51. The summed E-state index contributed by atoms with van der Waals surface area (Å²) >= 11 is 6.09. The molecule has 0 bridgehead atoms. The molecule has 36 heavy (non-hydrogen) atoms. The molecule has 5 nitrogen and oxygen atoms in total. The molecule has 2 heterocycles. The molecule has 0 unspecified atom stereocenters. The van der Waals surface area contributed by atoms with E-state index in [1.54, 1.807) is 10.9 Å². The van der Waals surface area contributed by atoms with Crippen LogP contribution in [0.1, 0.15) is 60.6 Å². The van der Waals surface area contributed by atoms with Crippen molar-refractivity contribution < 1.29 is 18.0 Å². The Hall–Kier alpha value is -2.84. The van der Waals surface area contributed by atoms with Crippen molar-refractivity contribution in [2.45, 2.75) is 57.4 Å². The zero-order valence-electron chi connectivity index (χ0n) is 20.5. The van der Waals surface area contributed by atoms with Crippen LogP contribution in [0.25, 0.3) is 11.1 Å². The highest BCUT2D eigenvalue weighted by Crippen LogP contribution is 2.37. The maximum atomic E-state index is 13.4. The molecule has 192 valence electrons. The van der Waals surface area contributed by atoms with E-state index in [0.29, 0.717) is 0 Å². The summed E-state index contributed by atoms with van der Waals surface area (Å²) in [5.41, 5.74) is 1.56. The average molecular weight is 519 g/mol. The van der Waals surface area contributed by atoms with Crippen molar-refractivity contribution in [3.05, 3.63) is 76.6 Å². The Morgan fingerprint density at radius 2 is 1.89 bits per heavy atom. The van der Waals surface area contributed by atoms with E-state index in [4.69, 9.17) is 11.6 Å². The van der Waals surface area contributed by atoms with E-state index in [1.165, 1.54) is 12.1 Å². The highest BCUT2D eigenvalue weighted by Gasteiger charge is 2.37. The van der Waals surface area contributed by atoms with Crippen LogP contribution < -0.4 is 5.32 Å². The number of hydrogen-bond donors (Lipinski definition) is 1. The van der Waals surface area contributed by atoms with E-state index in [1.807, 2.05) is 37.5 Å². The second-order valence-electron chi connectivity index (χ2n) is 9.54. The normalized spacial score (nSPS) is 17.8. The number of aromatic nitrogens is 2. The number of halogens is 4. The van der Waals surface area contributed by atoms with Gasteiger partial charge in [0.15, 0.2) is 0 Å². The third kappa shape index (κ3) is 5.60. The number of likely N-dealkylation sites (tertiary alicyclic amines) is 1. The minimum Gasteiger partial charge on any atom is -0.344 e. The minimum atomic E-state index is -4.65. The Morgan fingerprint density at radius 1 is 1.14 bits per heavy atom. The fourth-order valence-electron chi connectivity index (χ4n) is 5.01. The molecule has 1 N–H and O–H groups in total. The van der Waals surface area contributed by atoms with E-state index in [2.05, 4.69) is 29.2 Å². The number of carbonyl (C=O) groups is 1. The second-order valence-corrected chi connectivity index (χ2v) is 9.92. The summed E-state index contributed by atoms with van der Waals surface area (Å²) in [5.74, 6) is -0.628. The molecule has 0 aliphatic carbocycles. The van der Waals surface area contributed by atoms with Gasteiger partial charge in [0, 0.05) is 30.9 Å². The van der Waals surface area contributed by atoms with Gasteiger partial charge in [-0.05, 0) is 62.6 Å². The minimum absolute atomic E-state index is 0.0172. The zero-order valence-corrected chi connectivity index (χ0v) is 21.3. The van der Waals surface area contributed by atoms with Crippen molar-refractivity contribution in [2.24, 2.45) is 7.05 Å². The molecule has 2 aromatic carbocycles. The summed E-state index contributed by atoms with van der Waals surface area (Å²) in [6.45, 7) is 5.13. The van der Waals surface area contributed by atoms with Crippen LogP contribution in [-0.2, 0) is 13.2 Å². The Balaban J connectivity index is 1.74. The number of hydrogen-bond acceptors (Lipinski definition) is 3. The molecule has 1 fully saturated rings. The van der Waals surface area contributed by atoms with Crippen molar-refractivity contribution in [3.63, 3.8) is 0 Å². The van der Waals surface area contributed by atoms with Crippen LogP contribution in [0.15, 0.2) is 54.9 Å². The van der Waals surface area contributed by atoms with Gasteiger partial charge in [-0.1, -0.05) is 42.3 Å². The monoisotopic (exact) mass is 518 g/mol. The van der Waals surface area contributed by atoms with Gasteiger partial charge in [-0.25, -0.2) is 0 Å². The number of amides is 1. The van der Waals surface area contributed by atoms with E-state index in [0.717, 1.165) is 48.6 Å². The van der Waals surface area contributed by atoms with E-state index < -0.39 is 28.7 Å². The molecule has 0 saturated carbocycles. The first-order valence-corrected chi connectivity index (χ1v) is 12.5. The molecule has 1 aliphatic heterocycles. The molecule has 0 spiro atoms. The zero-order chi connectivity index (χ0) is 26.0. The smallest absolute Gasteiger partial charge is 0.344 e. The predicted octanol–water partition coefficient (Wildman–Crippen LogP) is 6.49. The predicted molar refractivity (Wildman–Crippen MR) is 135 cm³/mol. The highest BCUT2D eigenvalue weighted by atomic mass is 35.5. The number of aryl methyl sites for hydroxylation is 1. The van der Waals surface area contributed by atoms with Crippen LogP contribution in [0.3, 0.4) is 0 Å². The largest absolute Gasteiger partial charge is 0.417 e. The third-order valence-electron chi connectivity index (χ3n) is 6.76. The van der Waals surface area contributed by atoms with Crippen LogP contribution in [0.2, 0.25) is 5.02 Å². The Morgan fingerprint density at radius 3 is 2.56 bits per heavy atom. The summed E-state index contributed by atoms with van der Waals surface area (Å²) < 4.78 is 42.0. The van der Waals surface area contributed by atoms with Gasteiger partial charge in [-0.3, -0.25) is 14.4 Å². The van der Waals surface area contributed by atoms with Gasteiger partial charge >= 0.3 is 6.18 Å². The summed E-state index contributed by atoms with van der Waals surface area (Å²) in [7, 11) is 1.84. The van der Waals surface area contributed by atoms with Crippen molar-refractivity contribution in [2.75, 3.05) is 6.54 Å². The third-order valence-corrected chi connectivity index (χ3v) is 7.17. The molecule has 4 rings (SSSR count). The van der Waals surface area contributed by atoms with Gasteiger partial charge in [0.05, 0.1) is 28.4 Å².